The molecule has 6 rings (SSSR count). The molecular formula is C40H38F2P2. The van der Waals surface area contributed by atoms with Crippen molar-refractivity contribution in [1.82, 2.24) is 0 Å². The van der Waals surface area contributed by atoms with Crippen LogP contribution >= 0.6 is 15.8 Å². The Bertz CT molecular complexity index is 1840. The maximum Gasteiger partial charge on any atom is 0.123 e. The summed E-state index contributed by atoms with van der Waals surface area (Å²) in [6.45, 7) is 9.48. The van der Waals surface area contributed by atoms with Gasteiger partial charge < -0.3 is 0 Å². The summed E-state index contributed by atoms with van der Waals surface area (Å²) in [6, 6.07) is 40.4. The quantitative estimate of drug-likeness (QED) is 0.141. The molecule has 0 saturated carbocycles. The van der Waals surface area contributed by atoms with Crippen LogP contribution in [0.1, 0.15) is 38.8 Å². The third-order valence-electron chi connectivity index (χ3n) is 8.57. The van der Waals surface area contributed by atoms with Crippen LogP contribution < -0.4 is 10.6 Å². The molecule has 0 unspecified atom stereocenters. The van der Waals surface area contributed by atoms with Gasteiger partial charge in [-0.25, -0.2) is 8.78 Å². The van der Waals surface area contributed by atoms with E-state index in [4.69, 9.17) is 0 Å². The molecule has 0 fully saturated rings. The van der Waals surface area contributed by atoms with Crippen molar-refractivity contribution in [1.29, 1.82) is 0 Å². The average Bonchev–Trinajstić information content (AvgIpc) is 3.03. The molecule has 0 atom stereocenters. The van der Waals surface area contributed by atoms with Crippen LogP contribution in [0.4, 0.5) is 8.78 Å². The summed E-state index contributed by atoms with van der Waals surface area (Å²) in [7, 11) is -1.17. The second kappa shape index (κ2) is 13.3. The summed E-state index contributed by atoms with van der Waals surface area (Å²) < 4.78 is 28.1. The summed E-state index contributed by atoms with van der Waals surface area (Å²) in [5.41, 5.74) is 6.54. The molecular weight excluding hydrogens is 580 g/mol. The zero-order valence-corrected chi connectivity index (χ0v) is 27.6. The van der Waals surface area contributed by atoms with Crippen molar-refractivity contribution in [2.75, 3.05) is 0 Å². The summed E-state index contributed by atoms with van der Waals surface area (Å²) in [5, 5.41) is 7.13. The summed E-state index contributed by atoms with van der Waals surface area (Å²) in [5.74, 6) is -0.497. The van der Waals surface area contributed by atoms with Gasteiger partial charge in [0.15, 0.2) is 0 Å². The number of benzene rings is 6. The maximum atomic E-state index is 14.1. The molecule has 0 N–H and O–H groups in total. The van der Waals surface area contributed by atoms with Gasteiger partial charge in [0.2, 0.25) is 0 Å². The van der Waals surface area contributed by atoms with Gasteiger partial charge in [-0.3, -0.25) is 0 Å². The van der Waals surface area contributed by atoms with Gasteiger partial charge in [0.05, 0.1) is 0 Å². The standard InChI is InChI=1S/C40H38F2P2/c1-27(2)43(28(3)4)25-31-15-13-29-9-5-7-11-37(29)39(31)40-32(16-14-30-10-6-8-12-38(30)40)26-44(35-21-17-33(41)18-22-35)36-23-19-34(42)20-24-36/h5-24,27-28H,25-26H2,1-4H3. The Labute approximate surface area is 262 Å². The van der Waals surface area contributed by atoms with Gasteiger partial charge in [0.25, 0.3) is 0 Å². The van der Waals surface area contributed by atoms with Crippen LogP contribution in [0.5, 0.6) is 0 Å². The van der Waals surface area contributed by atoms with Crippen LogP contribution in [-0.2, 0) is 12.3 Å². The Morgan fingerprint density at radius 3 is 1.32 bits per heavy atom. The van der Waals surface area contributed by atoms with E-state index in [9.17, 15) is 8.78 Å². The van der Waals surface area contributed by atoms with E-state index < -0.39 is 7.92 Å². The van der Waals surface area contributed by atoms with Gasteiger partial charge in [-0.15, -0.1) is 0 Å². The minimum absolute atomic E-state index is 0.232. The fraction of sp³-hybridized carbons (Fsp3) is 0.200. The van der Waals surface area contributed by atoms with E-state index in [-0.39, 0.29) is 19.6 Å². The molecule has 0 bridgehead atoms. The van der Waals surface area contributed by atoms with Crippen LogP contribution in [0.2, 0.25) is 0 Å². The van der Waals surface area contributed by atoms with Crippen LogP contribution in [0, 0.1) is 11.6 Å². The summed E-state index contributed by atoms with van der Waals surface area (Å²) in [6.07, 6.45) is 1.83. The van der Waals surface area contributed by atoms with Gasteiger partial charge >= 0.3 is 0 Å². The first kappa shape index (κ1) is 30.6. The third kappa shape index (κ3) is 6.35. The molecule has 0 radical (unpaired) electrons. The van der Waals surface area contributed by atoms with Crippen LogP contribution in [0.15, 0.2) is 121 Å². The number of rotatable bonds is 9. The van der Waals surface area contributed by atoms with Gasteiger partial charge in [-0.05, 0) is 104 Å². The van der Waals surface area contributed by atoms with E-state index in [1.165, 1.54) is 43.8 Å². The first-order valence-electron chi connectivity index (χ1n) is 15.4. The zero-order valence-electron chi connectivity index (χ0n) is 25.8. The molecule has 4 heteroatoms. The van der Waals surface area contributed by atoms with Gasteiger partial charge in [0.1, 0.15) is 11.6 Å². The highest BCUT2D eigenvalue weighted by molar-refractivity contribution is 7.72. The Morgan fingerprint density at radius 1 is 0.477 bits per heavy atom. The second-order valence-electron chi connectivity index (χ2n) is 12.0. The van der Waals surface area contributed by atoms with E-state index >= 15 is 0 Å². The lowest BCUT2D eigenvalue weighted by Crippen LogP contribution is -2.14. The predicted octanol–water partition coefficient (Wildman–Crippen LogP) is 11.4. The highest BCUT2D eigenvalue weighted by atomic mass is 31.1. The van der Waals surface area contributed by atoms with E-state index in [1.54, 1.807) is 24.3 Å². The van der Waals surface area contributed by atoms with Crippen molar-refractivity contribution in [2.24, 2.45) is 0 Å². The van der Waals surface area contributed by atoms with E-state index in [2.05, 4.69) is 100 Å². The molecule has 0 heterocycles. The molecule has 44 heavy (non-hydrogen) atoms. The van der Waals surface area contributed by atoms with Crippen molar-refractivity contribution in [3.8, 4) is 11.1 Å². The lowest BCUT2D eigenvalue weighted by Gasteiger charge is -2.28. The fourth-order valence-electron chi connectivity index (χ4n) is 6.39. The highest BCUT2D eigenvalue weighted by Crippen LogP contribution is 2.52. The highest BCUT2D eigenvalue weighted by Gasteiger charge is 2.24. The molecule has 6 aromatic rings. The normalized spacial score (nSPS) is 12.0. The SMILES string of the molecule is CC(C)P(Cc1ccc2ccccc2c1-c1c(CP(c2ccc(F)cc2)c2ccc(F)cc2)ccc2ccccc12)C(C)C. The fourth-order valence-corrected chi connectivity index (χ4v) is 11.3. The molecule has 0 saturated heterocycles. The molecule has 0 aromatic heterocycles. The second-order valence-corrected chi connectivity index (χ2v) is 17.7. The van der Waals surface area contributed by atoms with Crippen molar-refractivity contribution < 1.29 is 8.78 Å². The van der Waals surface area contributed by atoms with Gasteiger partial charge in [-0.2, -0.15) is 0 Å². The summed E-state index contributed by atoms with van der Waals surface area (Å²) in [4.78, 5) is 0. The Kier molecular flexibility index (Phi) is 9.23. The van der Waals surface area contributed by atoms with Crippen molar-refractivity contribution in [3.05, 3.63) is 144 Å². The first-order valence-corrected chi connectivity index (χ1v) is 18.6. The Hall–Kier alpha value is -3.44. The van der Waals surface area contributed by atoms with Gasteiger partial charge in [-0.1, -0.05) is 133 Å². The van der Waals surface area contributed by atoms with Crippen LogP contribution in [0.25, 0.3) is 32.7 Å². The number of hydrogen-bond acceptors (Lipinski definition) is 0. The molecule has 0 amide bonds. The minimum Gasteiger partial charge on any atom is -0.207 e. The van der Waals surface area contributed by atoms with E-state index in [0.717, 1.165) is 22.9 Å². The molecule has 0 aliphatic rings. The number of halogens is 2. The number of hydrogen-bond donors (Lipinski definition) is 0. The van der Waals surface area contributed by atoms with Crippen LogP contribution in [0.3, 0.4) is 0 Å². The monoisotopic (exact) mass is 618 g/mol. The van der Waals surface area contributed by atoms with Crippen LogP contribution in [-0.4, -0.2) is 11.3 Å². The molecule has 0 spiro atoms. The summed E-state index contributed by atoms with van der Waals surface area (Å²) >= 11 is 0. The number of fused-ring (bicyclic) bond motifs is 2. The lowest BCUT2D eigenvalue weighted by molar-refractivity contribution is 0.628. The largest absolute Gasteiger partial charge is 0.207 e. The smallest absolute Gasteiger partial charge is 0.123 e. The first-order chi connectivity index (χ1) is 21.3. The average molecular weight is 619 g/mol. The van der Waals surface area contributed by atoms with Crippen molar-refractivity contribution >= 4 is 48.0 Å². The zero-order chi connectivity index (χ0) is 30.8. The molecule has 0 nitrogen and oxygen atoms in total. The Balaban J connectivity index is 1.61. The minimum atomic E-state index is -0.933. The topological polar surface area (TPSA) is 0 Å². The lowest BCUT2D eigenvalue weighted by atomic mass is 9.88. The molecule has 0 aliphatic heterocycles. The van der Waals surface area contributed by atoms with Crippen molar-refractivity contribution in [3.63, 3.8) is 0 Å². The predicted molar refractivity (Wildman–Crippen MR) is 190 cm³/mol. The molecule has 6 aromatic carbocycles. The molecule has 222 valence electrons. The van der Waals surface area contributed by atoms with Gasteiger partial charge in [0, 0.05) is 6.16 Å². The van der Waals surface area contributed by atoms with E-state index in [1.807, 2.05) is 24.3 Å². The maximum absolute atomic E-state index is 14.1. The third-order valence-corrected chi connectivity index (χ3v) is 14.4. The molecule has 0 aliphatic carbocycles. The van der Waals surface area contributed by atoms with Crippen molar-refractivity contribution in [2.45, 2.75) is 51.3 Å². The van der Waals surface area contributed by atoms with E-state index in [0.29, 0.717) is 11.3 Å². The Morgan fingerprint density at radius 2 is 0.886 bits per heavy atom.